The van der Waals surface area contributed by atoms with Crippen LogP contribution in [0.2, 0.25) is 0 Å². The van der Waals surface area contributed by atoms with Crippen LogP contribution in [0, 0.1) is 11.3 Å². The zero-order valence-electron chi connectivity index (χ0n) is 10.0. The first-order valence-corrected chi connectivity index (χ1v) is 8.32. The van der Waals surface area contributed by atoms with Gasteiger partial charge in [0.15, 0.2) is 0 Å². The summed E-state index contributed by atoms with van der Waals surface area (Å²) in [5, 5.41) is 11.1. The summed E-state index contributed by atoms with van der Waals surface area (Å²) in [5.41, 5.74) is 2.77. The van der Waals surface area contributed by atoms with Crippen molar-refractivity contribution in [2.75, 3.05) is 0 Å². The van der Waals surface area contributed by atoms with Crippen LogP contribution in [0.4, 0.5) is 0 Å². The quantitative estimate of drug-likeness (QED) is 0.600. The Kier molecular flexibility index (Phi) is 3.43. The van der Waals surface area contributed by atoms with Crippen molar-refractivity contribution in [2.45, 2.75) is 0 Å². The zero-order chi connectivity index (χ0) is 13.1. The summed E-state index contributed by atoms with van der Waals surface area (Å²) >= 11 is -0.194. The first kappa shape index (κ1) is 12.1. The number of hydrogen-bond donors (Lipinski definition) is 0. The number of nitrogens with zero attached hydrogens (tertiary/aromatic N) is 2. The van der Waals surface area contributed by atoms with E-state index in [1.807, 2.05) is 46.6 Å². The third-order valence-corrected chi connectivity index (χ3v) is 4.87. The second kappa shape index (κ2) is 5.37. The van der Waals surface area contributed by atoms with Gasteiger partial charge in [-0.2, -0.15) is 0 Å². The van der Waals surface area contributed by atoms with E-state index in [-0.39, 0.29) is 21.2 Å². The van der Waals surface area contributed by atoms with Crippen LogP contribution >= 0.6 is 0 Å². The Balaban J connectivity index is 2.20. The van der Waals surface area contributed by atoms with Crippen LogP contribution in [0.5, 0.6) is 0 Å². The van der Waals surface area contributed by atoms with E-state index in [2.05, 4.69) is 21.2 Å². The molecule has 0 radical (unpaired) electrons. The monoisotopic (exact) mass is 357 g/mol. The van der Waals surface area contributed by atoms with Crippen LogP contribution < -0.4 is 31.8 Å². The number of rotatable bonds is 1. The van der Waals surface area contributed by atoms with Crippen LogP contribution in [0.1, 0.15) is 0 Å². The van der Waals surface area contributed by atoms with E-state index in [9.17, 15) is 0 Å². The van der Waals surface area contributed by atoms with E-state index in [1.54, 1.807) is 0 Å². The summed E-state index contributed by atoms with van der Waals surface area (Å²) in [6, 6.07) is 16.4. The Labute approximate surface area is 121 Å². The third-order valence-electron chi connectivity index (χ3n) is 2.81. The molecule has 2 nitrogen and oxygen atoms in total. The van der Waals surface area contributed by atoms with Gasteiger partial charge in [-0.25, -0.2) is 0 Å². The predicted octanol–water partition coefficient (Wildman–Crippen LogP) is -1.22. The summed E-state index contributed by atoms with van der Waals surface area (Å²) in [5.74, 6) is 0. The van der Waals surface area contributed by atoms with Crippen LogP contribution in [-0.4, -0.2) is 4.98 Å². The molecule has 0 atom stereocenters. The van der Waals surface area contributed by atoms with E-state index >= 15 is 0 Å². The van der Waals surface area contributed by atoms with Gasteiger partial charge in [-0.05, 0) is 0 Å². The Morgan fingerprint density at radius 3 is 2.63 bits per heavy atom. The maximum absolute atomic E-state index is 9.05. The molecule has 1 aliphatic heterocycles. The van der Waals surface area contributed by atoms with Gasteiger partial charge in [0, 0.05) is 0 Å². The van der Waals surface area contributed by atoms with Crippen molar-refractivity contribution in [1.29, 1.82) is 5.26 Å². The standard InChI is InChI=1S/C16H10IN2/c18-11-12-8-16-14(10-17-9-12)6-7-15(19-16)13-4-2-1-3-5-13/h1-10H/q-1. The van der Waals surface area contributed by atoms with Crippen molar-refractivity contribution < 1.29 is 21.2 Å². The molecule has 0 saturated heterocycles. The molecule has 1 aliphatic rings. The minimum absolute atomic E-state index is 0.194. The molecule has 19 heavy (non-hydrogen) atoms. The van der Waals surface area contributed by atoms with Crippen molar-refractivity contribution in [3.05, 3.63) is 62.7 Å². The van der Waals surface area contributed by atoms with Gasteiger partial charge in [0.1, 0.15) is 0 Å². The van der Waals surface area contributed by atoms with E-state index in [4.69, 9.17) is 5.26 Å². The molecule has 1 aromatic carbocycles. The fourth-order valence-electron chi connectivity index (χ4n) is 1.87. The van der Waals surface area contributed by atoms with E-state index < -0.39 is 0 Å². The molecule has 0 spiro atoms. The molecule has 0 aliphatic carbocycles. The van der Waals surface area contributed by atoms with Crippen LogP contribution in [0.25, 0.3) is 21.4 Å². The molecule has 0 fully saturated rings. The van der Waals surface area contributed by atoms with Crippen LogP contribution in [-0.2, 0) is 0 Å². The van der Waals surface area contributed by atoms with Crippen molar-refractivity contribution in [3.8, 4) is 17.3 Å². The second-order valence-corrected chi connectivity index (χ2v) is 6.06. The molecule has 1 aromatic heterocycles. The fourth-order valence-corrected chi connectivity index (χ4v) is 3.67. The summed E-state index contributed by atoms with van der Waals surface area (Å²) in [7, 11) is 0. The Morgan fingerprint density at radius 2 is 1.84 bits per heavy atom. The van der Waals surface area contributed by atoms with Crippen LogP contribution in [0.3, 0.4) is 0 Å². The van der Waals surface area contributed by atoms with Crippen molar-refractivity contribution in [3.63, 3.8) is 0 Å². The van der Waals surface area contributed by atoms with Gasteiger partial charge in [-0.1, -0.05) is 0 Å². The molecule has 3 rings (SSSR count). The fraction of sp³-hybridized carbons (Fsp3) is 0. The summed E-state index contributed by atoms with van der Waals surface area (Å²) in [4.78, 5) is 4.68. The predicted molar refractivity (Wildman–Crippen MR) is 71.5 cm³/mol. The van der Waals surface area contributed by atoms with E-state index in [0.717, 1.165) is 27.4 Å². The number of nitriles is 1. The van der Waals surface area contributed by atoms with Gasteiger partial charge in [-0.15, -0.1) is 0 Å². The number of pyridine rings is 1. The molecular formula is C16H10IN2-. The molecule has 2 heterocycles. The van der Waals surface area contributed by atoms with E-state index in [1.165, 1.54) is 0 Å². The first-order chi connectivity index (χ1) is 9.36. The van der Waals surface area contributed by atoms with Crippen molar-refractivity contribution in [2.24, 2.45) is 0 Å². The number of aromatic nitrogens is 1. The molecule has 2 aromatic rings. The van der Waals surface area contributed by atoms with Gasteiger partial charge in [-0.3, -0.25) is 0 Å². The molecule has 0 saturated carbocycles. The molecule has 92 valence electrons. The van der Waals surface area contributed by atoms with Gasteiger partial charge in [0.25, 0.3) is 0 Å². The molecule has 0 unspecified atom stereocenters. The molecule has 0 N–H and O–H groups in total. The Bertz CT molecular complexity index is 799. The first-order valence-electron chi connectivity index (χ1n) is 5.83. The second-order valence-electron chi connectivity index (χ2n) is 4.09. The molecular weight excluding hydrogens is 347 g/mol. The number of halogens is 1. The topological polar surface area (TPSA) is 36.7 Å². The third kappa shape index (κ3) is 2.59. The van der Waals surface area contributed by atoms with Gasteiger partial charge in [0.05, 0.1) is 0 Å². The van der Waals surface area contributed by atoms with Crippen molar-refractivity contribution >= 4 is 10.2 Å². The van der Waals surface area contributed by atoms with E-state index in [0.29, 0.717) is 0 Å². The minimum atomic E-state index is -0.194. The SMILES string of the molecule is N#CC1=C[I-]C=c2ccc(-c3ccccc3)nc2=C1. The molecule has 0 amide bonds. The number of hydrogen-bond acceptors (Lipinski definition) is 2. The van der Waals surface area contributed by atoms with Gasteiger partial charge in [0.2, 0.25) is 0 Å². The summed E-state index contributed by atoms with van der Waals surface area (Å²) < 4.78 is 4.24. The van der Waals surface area contributed by atoms with Crippen molar-refractivity contribution in [1.82, 2.24) is 4.98 Å². The number of benzene rings is 1. The Hall–Kier alpha value is -1.93. The average Bonchev–Trinajstić information content (AvgIpc) is 2.69. The molecule has 3 heteroatoms. The Morgan fingerprint density at radius 1 is 1.00 bits per heavy atom. The van der Waals surface area contributed by atoms with Crippen LogP contribution in [0.15, 0.2) is 52.1 Å². The molecule has 0 bridgehead atoms. The van der Waals surface area contributed by atoms with Gasteiger partial charge < -0.3 is 0 Å². The summed E-state index contributed by atoms with van der Waals surface area (Å²) in [6.45, 7) is 0. The normalized spacial score (nSPS) is 13.5. The maximum atomic E-state index is 9.05. The summed E-state index contributed by atoms with van der Waals surface area (Å²) in [6.07, 6.45) is 1.88. The van der Waals surface area contributed by atoms with Gasteiger partial charge >= 0.3 is 122 Å². The number of fused-ring (bicyclic) bond motifs is 1. The zero-order valence-corrected chi connectivity index (χ0v) is 12.2. The number of allylic oxidation sites excluding steroid dienone is 1. The average molecular weight is 357 g/mol.